The van der Waals surface area contributed by atoms with E-state index in [2.05, 4.69) is 122 Å². The van der Waals surface area contributed by atoms with Crippen molar-refractivity contribution < 1.29 is 4.43 Å². The van der Waals surface area contributed by atoms with Gasteiger partial charge in [-0.1, -0.05) is 91.0 Å². The molecule has 0 spiro atoms. The summed E-state index contributed by atoms with van der Waals surface area (Å²) in [7, 11) is -1.69. The first kappa shape index (κ1) is 20.6. The Kier molecular flexibility index (Phi) is 6.21. The normalized spacial score (nSPS) is 19.9. The van der Waals surface area contributed by atoms with E-state index in [9.17, 15) is 0 Å². The molecule has 1 heterocycles. The molecule has 1 aliphatic heterocycles. The summed E-state index contributed by atoms with van der Waals surface area (Å²) in [4.78, 5) is 2.62. The van der Waals surface area contributed by atoms with Crippen LogP contribution in [0.15, 0.2) is 103 Å². The van der Waals surface area contributed by atoms with Gasteiger partial charge in [-0.05, 0) is 42.4 Å². The third kappa shape index (κ3) is 5.10. The van der Waals surface area contributed by atoms with Crippen molar-refractivity contribution in [1.29, 1.82) is 0 Å². The number of benzene rings is 3. The topological polar surface area (TPSA) is 12.5 Å². The first-order chi connectivity index (χ1) is 14.5. The standard InChI is InChI=1S/C27H31NOSi/c1-30(2,3)29-25-19-26(23-15-9-5-10-16-23)28(21-22-13-7-4-8-14-22)27(20-25)24-17-11-6-12-18-24/h4-19,26-27H,20-21H2,1-3H3/t26-,27+/m1/s1. The van der Waals surface area contributed by atoms with Crippen molar-refractivity contribution in [2.24, 2.45) is 0 Å². The van der Waals surface area contributed by atoms with E-state index in [1.54, 1.807) is 0 Å². The number of hydrogen-bond acceptors (Lipinski definition) is 2. The molecule has 3 heteroatoms. The van der Waals surface area contributed by atoms with Gasteiger partial charge in [-0.25, -0.2) is 0 Å². The fourth-order valence-electron chi connectivity index (χ4n) is 4.24. The Bertz CT molecular complexity index is 964. The lowest BCUT2D eigenvalue weighted by molar-refractivity contribution is 0.119. The summed E-state index contributed by atoms with van der Waals surface area (Å²) >= 11 is 0. The van der Waals surface area contributed by atoms with Crippen LogP contribution in [0.1, 0.15) is 35.2 Å². The number of hydrogen-bond donors (Lipinski definition) is 0. The molecule has 0 N–H and O–H groups in total. The van der Waals surface area contributed by atoms with E-state index in [1.807, 2.05) is 0 Å². The molecule has 3 aromatic rings. The van der Waals surface area contributed by atoms with E-state index in [0.29, 0.717) is 0 Å². The summed E-state index contributed by atoms with van der Waals surface area (Å²) in [6.45, 7) is 7.69. The molecule has 2 nitrogen and oxygen atoms in total. The van der Waals surface area contributed by atoms with E-state index < -0.39 is 8.32 Å². The minimum absolute atomic E-state index is 0.178. The van der Waals surface area contributed by atoms with Crippen molar-refractivity contribution in [1.82, 2.24) is 4.90 Å². The molecule has 0 bridgehead atoms. The van der Waals surface area contributed by atoms with Gasteiger partial charge >= 0.3 is 0 Å². The van der Waals surface area contributed by atoms with Crippen molar-refractivity contribution in [2.45, 2.75) is 44.7 Å². The molecule has 154 valence electrons. The zero-order valence-corrected chi connectivity index (χ0v) is 19.2. The van der Waals surface area contributed by atoms with Crippen LogP contribution >= 0.6 is 0 Å². The average Bonchev–Trinajstić information content (AvgIpc) is 2.75. The predicted octanol–water partition coefficient (Wildman–Crippen LogP) is 7.11. The molecule has 0 saturated carbocycles. The largest absolute Gasteiger partial charge is 0.547 e. The van der Waals surface area contributed by atoms with Crippen LogP contribution < -0.4 is 0 Å². The molecule has 0 radical (unpaired) electrons. The highest BCUT2D eigenvalue weighted by Gasteiger charge is 2.34. The molecule has 0 fully saturated rings. The lowest BCUT2D eigenvalue weighted by atomic mass is 9.90. The first-order valence-electron chi connectivity index (χ1n) is 10.8. The molecule has 0 aliphatic carbocycles. The van der Waals surface area contributed by atoms with Gasteiger partial charge in [-0.15, -0.1) is 0 Å². The third-order valence-electron chi connectivity index (χ3n) is 5.47. The highest BCUT2D eigenvalue weighted by Crippen LogP contribution is 2.42. The van der Waals surface area contributed by atoms with Crippen LogP contribution in [-0.2, 0) is 11.0 Å². The maximum Gasteiger partial charge on any atom is 0.241 e. The summed E-state index contributed by atoms with van der Waals surface area (Å²) < 4.78 is 6.55. The van der Waals surface area contributed by atoms with Gasteiger partial charge in [0.25, 0.3) is 0 Å². The van der Waals surface area contributed by atoms with Gasteiger partial charge in [0.1, 0.15) is 0 Å². The van der Waals surface area contributed by atoms with Crippen LogP contribution in [0, 0.1) is 0 Å². The number of rotatable bonds is 6. The Balaban J connectivity index is 1.79. The van der Waals surface area contributed by atoms with E-state index in [4.69, 9.17) is 4.43 Å². The Labute approximate surface area is 182 Å². The smallest absolute Gasteiger partial charge is 0.241 e. The summed E-state index contributed by atoms with van der Waals surface area (Å²) in [5.41, 5.74) is 3.99. The molecule has 0 saturated heterocycles. The van der Waals surface area contributed by atoms with Crippen LogP contribution in [-0.4, -0.2) is 13.2 Å². The van der Waals surface area contributed by atoms with Gasteiger partial charge in [0, 0.05) is 19.0 Å². The second-order valence-corrected chi connectivity index (χ2v) is 13.4. The maximum atomic E-state index is 6.55. The maximum absolute atomic E-state index is 6.55. The van der Waals surface area contributed by atoms with Crippen molar-refractivity contribution in [3.63, 3.8) is 0 Å². The van der Waals surface area contributed by atoms with E-state index in [0.717, 1.165) is 18.7 Å². The van der Waals surface area contributed by atoms with E-state index >= 15 is 0 Å². The van der Waals surface area contributed by atoms with Crippen molar-refractivity contribution >= 4 is 8.32 Å². The first-order valence-corrected chi connectivity index (χ1v) is 14.2. The van der Waals surface area contributed by atoms with Gasteiger partial charge in [-0.3, -0.25) is 4.90 Å². The SMILES string of the molecule is C[Si](C)(C)OC1=C[C@H](c2ccccc2)N(Cc2ccccc2)[C@H](c2ccccc2)C1. The molecule has 0 unspecified atom stereocenters. The minimum atomic E-state index is -1.69. The van der Waals surface area contributed by atoms with Gasteiger partial charge in [0.15, 0.2) is 0 Å². The molecule has 3 aromatic carbocycles. The minimum Gasteiger partial charge on any atom is -0.547 e. The highest BCUT2D eigenvalue weighted by atomic mass is 28.4. The fourth-order valence-corrected chi connectivity index (χ4v) is 5.17. The van der Waals surface area contributed by atoms with E-state index in [-0.39, 0.29) is 12.1 Å². The molecule has 1 aliphatic rings. The van der Waals surface area contributed by atoms with Crippen molar-refractivity contribution in [3.05, 3.63) is 120 Å². The van der Waals surface area contributed by atoms with Crippen LogP contribution in [0.25, 0.3) is 0 Å². The van der Waals surface area contributed by atoms with Crippen LogP contribution in [0.4, 0.5) is 0 Å². The molecule has 2 atom stereocenters. The summed E-state index contributed by atoms with van der Waals surface area (Å²) in [6, 6.07) is 33.0. The predicted molar refractivity (Wildman–Crippen MR) is 127 cm³/mol. The Morgan fingerprint density at radius 3 is 1.87 bits per heavy atom. The second kappa shape index (κ2) is 9.03. The highest BCUT2D eigenvalue weighted by molar-refractivity contribution is 6.70. The number of nitrogens with zero attached hydrogens (tertiary/aromatic N) is 1. The Hall–Kier alpha value is -2.62. The van der Waals surface area contributed by atoms with Crippen molar-refractivity contribution in [2.75, 3.05) is 0 Å². The lowest BCUT2D eigenvalue weighted by Crippen LogP contribution is -2.37. The molecule has 0 aromatic heterocycles. The van der Waals surface area contributed by atoms with Gasteiger partial charge in [0.2, 0.25) is 8.32 Å². The lowest BCUT2D eigenvalue weighted by Gasteiger charge is -2.42. The molecule has 30 heavy (non-hydrogen) atoms. The van der Waals surface area contributed by atoms with Gasteiger partial charge in [-0.2, -0.15) is 0 Å². The van der Waals surface area contributed by atoms with E-state index in [1.165, 1.54) is 16.7 Å². The third-order valence-corrected chi connectivity index (χ3v) is 6.34. The molecule has 4 rings (SSSR count). The van der Waals surface area contributed by atoms with Crippen LogP contribution in [0.3, 0.4) is 0 Å². The Morgan fingerprint density at radius 2 is 1.30 bits per heavy atom. The quantitative estimate of drug-likeness (QED) is 0.399. The molecule has 0 amide bonds. The average molecular weight is 414 g/mol. The molecular weight excluding hydrogens is 382 g/mol. The monoisotopic (exact) mass is 413 g/mol. The van der Waals surface area contributed by atoms with Crippen molar-refractivity contribution in [3.8, 4) is 0 Å². The Morgan fingerprint density at radius 1 is 0.767 bits per heavy atom. The summed E-state index contributed by atoms with van der Waals surface area (Å²) in [6.07, 6.45) is 3.26. The van der Waals surface area contributed by atoms with Gasteiger partial charge < -0.3 is 4.43 Å². The zero-order chi connectivity index (χ0) is 21.0. The zero-order valence-electron chi connectivity index (χ0n) is 18.2. The second-order valence-electron chi connectivity index (χ2n) is 8.99. The summed E-state index contributed by atoms with van der Waals surface area (Å²) in [5.74, 6) is 1.14. The molecular formula is C27H31NOSi. The van der Waals surface area contributed by atoms with Crippen LogP contribution in [0.2, 0.25) is 19.6 Å². The van der Waals surface area contributed by atoms with Crippen LogP contribution in [0.5, 0.6) is 0 Å². The van der Waals surface area contributed by atoms with Gasteiger partial charge in [0.05, 0.1) is 11.8 Å². The summed E-state index contributed by atoms with van der Waals surface area (Å²) in [5, 5.41) is 0. The fraction of sp³-hybridized carbons (Fsp3) is 0.259.